The second-order valence-corrected chi connectivity index (χ2v) is 10.7. The molecule has 0 atom stereocenters. The van der Waals surface area contributed by atoms with Crippen LogP contribution in [0.15, 0.2) is 86.0 Å². The normalized spacial score (nSPS) is 17.4. The maximum atomic E-state index is 12.9. The highest BCUT2D eigenvalue weighted by Gasteiger charge is 2.37. The molecule has 184 valence electrons. The number of carbonyl (C=O) groups excluding carboxylic acids is 3. The molecule has 10 heteroatoms. The monoisotopic (exact) mass is 539 g/mol. The van der Waals surface area contributed by atoms with Crippen molar-refractivity contribution in [1.29, 1.82) is 0 Å². The van der Waals surface area contributed by atoms with E-state index in [-0.39, 0.29) is 17.4 Å². The van der Waals surface area contributed by atoms with Gasteiger partial charge in [0.05, 0.1) is 4.91 Å². The lowest BCUT2D eigenvalue weighted by atomic mass is 10.2. The van der Waals surface area contributed by atoms with Gasteiger partial charge in [-0.3, -0.25) is 19.3 Å². The second-order valence-electron chi connectivity index (χ2n) is 8.18. The van der Waals surface area contributed by atoms with Gasteiger partial charge in [-0.25, -0.2) is 0 Å². The number of hydrogen-bond acceptors (Lipinski definition) is 7. The van der Waals surface area contributed by atoms with Crippen LogP contribution in [-0.4, -0.2) is 59.6 Å². The Balaban J connectivity index is 1.17. The number of furan rings is 1. The van der Waals surface area contributed by atoms with Crippen molar-refractivity contribution in [3.63, 3.8) is 0 Å². The van der Waals surface area contributed by atoms with Crippen molar-refractivity contribution >= 4 is 63.9 Å². The number of rotatable bonds is 6. The smallest absolute Gasteiger partial charge is 0.294 e. The second kappa shape index (κ2) is 10.9. The average Bonchev–Trinajstić information content (AvgIpc) is 3.45. The summed E-state index contributed by atoms with van der Waals surface area (Å²) in [5.74, 6) is -0.254. The van der Waals surface area contributed by atoms with Crippen LogP contribution in [0, 0.1) is 0 Å². The number of nitrogens with zero attached hydrogens (tertiary/aromatic N) is 3. The van der Waals surface area contributed by atoms with Crippen LogP contribution in [0.2, 0.25) is 5.02 Å². The van der Waals surface area contributed by atoms with Gasteiger partial charge in [0.1, 0.15) is 12.3 Å². The van der Waals surface area contributed by atoms with Crippen LogP contribution in [-0.2, 0) is 9.59 Å². The van der Waals surface area contributed by atoms with Crippen molar-refractivity contribution in [1.82, 2.24) is 9.80 Å². The first-order chi connectivity index (χ1) is 17.5. The van der Waals surface area contributed by atoms with Crippen LogP contribution in [0.3, 0.4) is 0 Å². The van der Waals surface area contributed by atoms with Crippen molar-refractivity contribution < 1.29 is 18.8 Å². The van der Waals surface area contributed by atoms with Gasteiger partial charge in [-0.2, -0.15) is 0 Å². The molecule has 3 amide bonds. The molecular formula is C26H22ClN3O4S2. The molecule has 0 N–H and O–H groups in total. The third kappa shape index (κ3) is 5.64. The summed E-state index contributed by atoms with van der Waals surface area (Å²) in [7, 11) is 0. The van der Waals surface area contributed by atoms with E-state index in [1.807, 2.05) is 42.5 Å². The first kappa shape index (κ1) is 24.5. The zero-order valence-electron chi connectivity index (χ0n) is 19.1. The van der Waals surface area contributed by atoms with Gasteiger partial charge in [0, 0.05) is 47.9 Å². The quantitative estimate of drug-likeness (QED) is 0.384. The standard InChI is InChI=1S/C26H22ClN3O4S2/c27-18-6-9-21(10-7-18)35-24-11-8-20(34-24)16-22-25(32)30(26(33)36-22)17-23(31)29-14-12-28(13-15-29)19-4-2-1-3-5-19/h1-11,16H,12-15,17H2/b22-16-. The maximum Gasteiger partial charge on any atom is 0.294 e. The number of carbonyl (C=O) groups is 3. The van der Waals surface area contributed by atoms with E-state index in [0.717, 1.165) is 27.2 Å². The van der Waals surface area contributed by atoms with E-state index >= 15 is 0 Å². The van der Waals surface area contributed by atoms with Gasteiger partial charge in [0.25, 0.3) is 11.1 Å². The van der Waals surface area contributed by atoms with Crippen molar-refractivity contribution in [2.75, 3.05) is 37.6 Å². The Kier molecular flexibility index (Phi) is 7.41. The van der Waals surface area contributed by atoms with E-state index in [1.54, 1.807) is 35.2 Å². The fourth-order valence-electron chi connectivity index (χ4n) is 3.94. The summed E-state index contributed by atoms with van der Waals surface area (Å²) in [6.45, 7) is 2.22. The average molecular weight is 540 g/mol. The van der Waals surface area contributed by atoms with Gasteiger partial charge in [0.15, 0.2) is 5.09 Å². The van der Waals surface area contributed by atoms with E-state index in [4.69, 9.17) is 16.0 Å². The molecule has 2 fully saturated rings. The highest BCUT2D eigenvalue weighted by molar-refractivity contribution is 8.18. The first-order valence-corrected chi connectivity index (χ1v) is 13.3. The molecule has 5 rings (SSSR count). The number of para-hydroxylation sites is 1. The number of piperazine rings is 1. The van der Waals surface area contributed by atoms with Crippen molar-refractivity contribution in [3.8, 4) is 0 Å². The molecule has 2 aromatic carbocycles. The molecule has 0 radical (unpaired) electrons. The number of benzene rings is 2. The van der Waals surface area contributed by atoms with Gasteiger partial charge in [0.2, 0.25) is 5.91 Å². The predicted molar refractivity (Wildman–Crippen MR) is 142 cm³/mol. The zero-order chi connectivity index (χ0) is 25.1. The summed E-state index contributed by atoms with van der Waals surface area (Å²) in [6, 6.07) is 21.0. The lowest BCUT2D eigenvalue weighted by Gasteiger charge is -2.36. The molecule has 7 nitrogen and oxygen atoms in total. The molecule has 0 unspecified atom stereocenters. The fourth-order valence-corrected chi connectivity index (χ4v) is 5.66. The van der Waals surface area contributed by atoms with E-state index in [0.29, 0.717) is 42.1 Å². The first-order valence-electron chi connectivity index (χ1n) is 11.3. The summed E-state index contributed by atoms with van der Waals surface area (Å²) in [4.78, 5) is 44.4. The van der Waals surface area contributed by atoms with E-state index in [9.17, 15) is 14.4 Å². The Morgan fingerprint density at radius 3 is 2.42 bits per heavy atom. The lowest BCUT2D eigenvalue weighted by Crippen LogP contribution is -2.51. The zero-order valence-corrected chi connectivity index (χ0v) is 21.5. The molecule has 36 heavy (non-hydrogen) atoms. The Morgan fingerprint density at radius 1 is 0.972 bits per heavy atom. The molecule has 0 aliphatic carbocycles. The van der Waals surface area contributed by atoms with Crippen molar-refractivity contribution in [2.45, 2.75) is 9.99 Å². The largest absolute Gasteiger partial charge is 0.450 e. The third-order valence-corrected chi connectivity index (χ3v) is 7.92. The molecule has 3 aromatic rings. The minimum Gasteiger partial charge on any atom is -0.450 e. The van der Waals surface area contributed by atoms with Gasteiger partial charge in [-0.05, 0) is 60.3 Å². The Bertz CT molecular complexity index is 1300. The van der Waals surface area contributed by atoms with Crippen LogP contribution in [0.4, 0.5) is 10.5 Å². The van der Waals surface area contributed by atoms with Crippen LogP contribution >= 0.6 is 35.1 Å². The van der Waals surface area contributed by atoms with Crippen LogP contribution in [0.25, 0.3) is 6.08 Å². The Morgan fingerprint density at radius 2 is 1.69 bits per heavy atom. The highest BCUT2D eigenvalue weighted by Crippen LogP contribution is 2.35. The summed E-state index contributed by atoms with van der Waals surface area (Å²) in [5, 5.41) is 0.848. The summed E-state index contributed by atoms with van der Waals surface area (Å²) < 4.78 is 5.80. The Labute approximate surface area is 222 Å². The number of anilines is 1. The Hall–Kier alpha value is -3.14. The van der Waals surface area contributed by atoms with E-state index in [1.165, 1.54) is 11.8 Å². The molecule has 0 saturated carbocycles. The fraction of sp³-hybridized carbons (Fsp3) is 0.192. The number of imide groups is 1. The molecule has 3 heterocycles. The highest BCUT2D eigenvalue weighted by atomic mass is 35.5. The SMILES string of the molecule is O=C(CN1C(=O)S/C(=C\c2ccc(Sc3ccc(Cl)cc3)o2)C1=O)N1CCN(c2ccccc2)CC1. The molecule has 0 spiro atoms. The third-order valence-electron chi connectivity index (χ3n) is 5.83. The van der Waals surface area contributed by atoms with Crippen molar-refractivity contribution in [2.24, 2.45) is 0 Å². The maximum absolute atomic E-state index is 12.9. The number of halogens is 1. The van der Waals surface area contributed by atoms with Gasteiger partial charge in [-0.1, -0.05) is 41.6 Å². The molecule has 2 aliphatic rings. The summed E-state index contributed by atoms with van der Waals surface area (Å²) in [6.07, 6.45) is 1.54. The number of thioether (sulfide) groups is 1. The molecular weight excluding hydrogens is 518 g/mol. The topological polar surface area (TPSA) is 74.1 Å². The lowest BCUT2D eigenvalue weighted by molar-refractivity contribution is -0.136. The van der Waals surface area contributed by atoms with E-state index in [2.05, 4.69) is 4.90 Å². The van der Waals surface area contributed by atoms with Gasteiger partial charge < -0.3 is 14.2 Å². The molecule has 2 saturated heterocycles. The van der Waals surface area contributed by atoms with Gasteiger partial charge in [-0.15, -0.1) is 0 Å². The predicted octanol–water partition coefficient (Wildman–Crippen LogP) is 5.47. The molecule has 2 aliphatic heterocycles. The van der Waals surface area contributed by atoms with Crippen LogP contribution in [0.1, 0.15) is 5.76 Å². The number of hydrogen-bond donors (Lipinski definition) is 0. The minimum atomic E-state index is -0.482. The molecule has 1 aromatic heterocycles. The van der Waals surface area contributed by atoms with Crippen LogP contribution in [0.5, 0.6) is 0 Å². The minimum absolute atomic E-state index is 0.231. The van der Waals surface area contributed by atoms with Crippen molar-refractivity contribution in [3.05, 3.63) is 82.4 Å². The molecule has 0 bridgehead atoms. The van der Waals surface area contributed by atoms with E-state index < -0.39 is 11.1 Å². The number of amides is 3. The van der Waals surface area contributed by atoms with Crippen LogP contribution < -0.4 is 4.90 Å². The summed E-state index contributed by atoms with van der Waals surface area (Å²) in [5.41, 5.74) is 1.12. The summed E-state index contributed by atoms with van der Waals surface area (Å²) >= 11 is 8.16. The van der Waals surface area contributed by atoms with Gasteiger partial charge >= 0.3 is 0 Å².